The zero-order valence-electron chi connectivity index (χ0n) is 11.6. The van der Waals surface area contributed by atoms with Crippen molar-refractivity contribution in [3.63, 3.8) is 0 Å². The highest BCUT2D eigenvalue weighted by Crippen LogP contribution is 2.27. The van der Waals surface area contributed by atoms with Crippen LogP contribution in [0.25, 0.3) is 0 Å². The summed E-state index contributed by atoms with van der Waals surface area (Å²) in [5.74, 6) is 0.824. The van der Waals surface area contributed by atoms with Gasteiger partial charge in [-0.25, -0.2) is 0 Å². The molecule has 2 aliphatic rings. The summed E-state index contributed by atoms with van der Waals surface area (Å²) < 4.78 is 11.4. The molecule has 0 amide bonds. The van der Waals surface area contributed by atoms with Crippen molar-refractivity contribution in [1.29, 1.82) is 0 Å². The molecule has 3 rings (SSSR count). The van der Waals surface area contributed by atoms with Crippen LogP contribution in [-0.4, -0.2) is 37.7 Å². The van der Waals surface area contributed by atoms with E-state index in [0.717, 1.165) is 44.5 Å². The van der Waals surface area contributed by atoms with E-state index in [1.165, 1.54) is 0 Å². The van der Waals surface area contributed by atoms with Crippen LogP contribution in [0.15, 0.2) is 24.3 Å². The molecule has 0 radical (unpaired) electrons. The molecule has 0 spiro atoms. The minimum atomic E-state index is 0.0322. The maximum absolute atomic E-state index is 12.1. The van der Waals surface area contributed by atoms with E-state index in [4.69, 9.17) is 9.47 Å². The molecule has 1 aromatic rings. The molecule has 0 atom stereocenters. The number of rotatable bonds is 6. The Hall–Kier alpha value is -1.39. The number of benzene rings is 1. The van der Waals surface area contributed by atoms with E-state index in [2.05, 4.69) is 5.32 Å². The van der Waals surface area contributed by atoms with E-state index in [-0.39, 0.29) is 18.5 Å². The van der Waals surface area contributed by atoms with Crippen LogP contribution in [-0.2, 0) is 4.74 Å². The molecule has 4 heteroatoms. The summed E-state index contributed by atoms with van der Waals surface area (Å²) in [5, 5.41) is 3.28. The standard InChI is InChI=1S/C16H21NO3/c18-16(11-19-13-6-8-17-9-7-13)12-2-1-3-15(10-12)20-14-4-5-14/h1-3,10,13-14,17H,4-9,11H2. The lowest BCUT2D eigenvalue weighted by Crippen LogP contribution is -2.33. The van der Waals surface area contributed by atoms with Gasteiger partial charge in [-0.15, -0.1) is 0 Å². The first-order chi connectivity index (χ1) is 9.81. The maximum atomic E-state index is 12.1. The molecule has 2 fully saturated rings. The number of ketones is 1. The molecule has 20 heavy (non-hydrogen) atoms. The SMILES string of the molecule is O=C(COC1CCNCC1)c1cccc(OC2CC2)c1. The minimum absolute atomic E-state index is 0.0322. The number of carbonyl (C=O) groups excluding carboxylic acids is 1. The summed E-state index contributed by atoms with van der Waals surface area (Å²) in [6.07, 6.45) is 4.78. The molecule has 108 valence electrons. The third-order valence-electron chi connectivity index (χ3n) is 3.72. The van der Waals surface area contributed by atoms with Crippen LogP contribution >= 0.6 is 0 Å². The van der Waals surface area contributed by atoms with Gasteiger partial charge < -0.3 is 14.8 Å². The van der Waals surface area contributed by atoms with Crippen molar-refractivity contribution in [2.75, 3.05) is 19.7 Å². The van der Waals surface area contributed by atoms with Crippen molar-refractivity contribution in [2.45, 2.75) is 37.9 Å². The summed E-state index contributed by atoms with van der Waals surface area (Å²) >= 11 is 0. The fourth-order valence-electron chi connectivity index (χ4n) is 2.36. The molecule has 0 bridgehead atoms. The maximum Gasteiger partial charge on any atom is 0.188 e. The lowest BCUT2D eigenvalue weighted by Gasteiger charge is -2.22. The predicted octanol–water partition coefficient (Wildman–Crippen LogP) is 2.18. The first-order valence-electron chi connectivity index (χ1n) is 7.43. The van der Waals surface area contributed by atoms with Crippen LogP contribution in [0.1, 0.15) is 36.0 Å². The predicted molar refractivity (Wildman–Crippen MR) is 76.3 cm³/mol. The molecule has 1 aliphatic heterocycles. The Morgan fingerprint density at radius 2 is 1.95 bits per heavy atom. The van der Waals surface area contributed by atoms with Gasteiger partial charge in [-0.05, 0) is 50.9 Å². The van der Waals surface area contributed by atoms with Gasteiger partial charge in [0.2, 0.25) is 0 Å². The average molecular weight is 275 g/mol. The lowest BCUT2D eigenvalue weighted by molar-refractivity contribution is 0.0317. The van der Waals surface area contributed by atoms with Crippen molar-refractivity contribution in [3.05, 3.63) is 29.8 Å². The van der Waals surface area contributed by atoms with Crippen molar-refractivity contribution < 1.29 is 14.3 Å². The summed E-state index contributed by atoms with van der Waals surface area (Å²) in [7, 11) is 0. The number of carbonyl (C=O) groups is 1. The third-order valence-corrected chi connectivity index (χ3v) is 3.72. The van der Waals surface area contributed by atoms with Gasteiger partial charge in [0, 0.05) is 5.56 Å². The summed E-state index contributed by atoms with van der Waals surface area (Å²) in [5.41, 5.74) is 0.678. The normalized spacial score (nSPS) is 19.8. The third kappa shape index (κ3) is 3.81. The fourth-order valence-corrected chi connectivity index (χ4v) is 2.36. The van der Waals surface area contributed by atoms with E-state index >= 15 is 0 Å². The topological polar surface area (TPSA) is 47.6 Å². The second-order valence-electron chi connectivity index (χ2n) is 5.53. The molecule has 1 saturated heterocycles. The average Bonchev–Trinajstić information content (AvgIpc) is 3.30. The summed E-state index contributed by atoms with van der Waals surface area (Å²) in [4.78, 5) is 12.1. The number of hydrogen-bond acceptors (Lipinski definition) is 4. The van der Waals surface area contributed by atoms with E-state index in [0.29, 0.717) is 11.7 Å². The van der Waals surface area contributed by atoms with Gasteiger partial charge >= 0.3 is 0 Å². The van der Waals surface area contributed by atoms with Gasteiger partial charge in [0.15, 0.2) is 5.78 Å². The Bertz CT molecular complexity index is 465. The number of hydrogen-bond donors (Lipinski definition) is 1. The molecule has 1 aliphatic carbocycles. The molecule has 1 N–H and O–H groups in total. The molecule has 4 nitrogen and oxygen atoms in total. The highest BCUT2D eigenvalue weighted by molar-refractivity contribution is 5.97. The van der Waals surface area contributed by atoms with E-state index in [9.17, 15) is 4.79 Å². The number of piperidine rings is 1. The van der Waals surface area contributed by atoms with Gasteiger partial charge in [0.1, 0.15) is 12.4 Å². The van der Waals surface area contributed by atoms with Crippen LogP contribution in [0.3, 0.4) is 0 Å². The smallest absolute Gasteiger partial charge is 0.188 e. The molecule has 0 unspecified atom stereocenters. The number of ether oxygens (including phenoxy) is 2. The molecular weight excluding hydrogens is 254 g/mol. The van der Waals surface area contributed by atoms with Crippen LogP contribution in [0.4, 0.5) is 0 Å². The lowest BCUT2D eigenvalue weighted by atomic mass is 10.1. The molecule has 1 saturated carbocycles. The summed E-state index contributed by atoms with van der Waals surface area (Å²) in [6, 6.07) is 7.43. The first kappa shape index (κ1) is 13.6. The van der Waals surface area contributed by atoms with E-state index in [1.54, 1.807) is 0 Å². The van der Waals surface area contributed by atoms with Crippen molar-refractivity contribution in [1.82, 2.24) is 5.32 Å². The van der Waals surface area contributed by atoms with Gasteiger partial charge in [0.25, 0.3) is 0 Å². The Morgan fingerprint density at radius 1 is 1.15 bits per heavy atom. The van der Waals surface area contributed by atoms with Gasteiger partial charge in [-0.1, -0.05) is 12.1 Å². The number of Topliss-reactive ketones (excluding diaryl/α,β-unsaturated/α-hetero) is 1. The Labute approximate surface area is 119 Å². The second-order valence-corrected chi connectivity index (χ2v) is 5.53. The van der Waals surface area contributed by atoms with E-state index < -0.39 is 0 Å². The van der Waals surface area contributed by atoms with Crippen LogP contribution in [0.5, 0.6) is 5.75 Å². The molecule has 1 aromatic carbocycles. The number of nitrogens with one attached hydrogen (secondary N) is 1. The monoisotopic (exact) mass is 275 g/mol. The van der Waals surface area contributed by atoms with Crippen LogP contribution in [0, 0.1) is 0 Å². The Kier molecular flexibility index (Phi) is 4.33. The van der Waals surface area contributed by atoms with Crippen LogP contribution < -0.4 is 10.1 Å². The second kappa shape index (κ2) is 6.37. The fraction of sp³-hybridized carbons (Fsp3) is 0.562. The highest BCUT2D eigenvalue weighted by Gasteiger charge is 2.23. The van der Waals surface area contributed by atoms with Gasteiger partial charge in [-0.3, -0.25) is 4.79 Å². The largest absolute Gasteiger partial charge is 0.490 e. The van der Waals surface area contributed by atoms with Gasteiger partial charge in [-0.2, -0.15) is 0 Å². The van der Waals surface area contributed by atoms with Crippen molar-refractivity contribution in [3.8, 4) is 5.75 Å². The van der Waals surface area contributed by atoms with E-state index in [1.807, 2.05) is 24.3 Å². The summed E-state index contributed by atoms with van der Waals surface area (Å²) in [6.45, 7) is 2.12. The van der Waals surface area contributed by atoms with Crippen molar-refractivity contribution >= 4 is 5.78 Å². The highest BCUT2D eigenvalue weighted by atomic mass is 16.5. The van der Waals surface area contributed by atoms with Crippen LogP contribution in [0.2, 0.25) is 0 Å². The van der Waals surface area contributed by atoms with Gasteiger partial charge in [0.05, 0.1) is 12.2 Å². The zero-order chi connectivity index (χ0) is 13.8. The Morgan fingerprint density at radius 3 is 2.70 bits per heavy atom. The Balaban J connectivity index is 1.52. The molecule has 1 heterocycles. The minimum Gasteiger partial charge on any atom is -0.490 e. The quantitative estimate of drug-likeness (QED) is 0.808. The van der Waals surface area contributed by atoms with Crippen molar-refractivity contribution in [2.24, 2.45) is 0 Å². The first-order valence-corrected chi connectivity index (χ1v) is 7.43. The zero-order valence-corrected chi connectivity index (χ0v) is 11.6. The molecule has 0 aromatic heterocycles. The molecular formula is C16H21NO3.